The summed E-state index contributed by atoms with van der Waals surface area (Å²) in [4.78, 5) is 27.5. The van der Waals surface area contributed by atoms with Crippen molar-refractivity contribution in [3.8, 4) is 22.1 Å². The van der Waals surface area contributed by atoms with Gasteiger partial charge in [-0.1, -0.05) is 48.6 Å². The number of rotatable bonds is 8. The highest BCUT2D eigenvalue weighted by Crippen LogP contribution is 2.39. The van der Waals surface area contributed by atoms with E-state index in [4.69, 9.17) is 21.9 Å². The molecule has 1 saturated heterocycles. The Hall–Kier alpha value is -4.09. The molecule has 0 radical (unpaired) electrons. The summed E-state index contributed by atoms with van der Waals surface area (Å²) in [5.41, 5.74) is 4.05. The molecule has 2 aromatic carbocycles. The summed E-state index contributed by atoms with van der Waals surface area (Å²) in [7, 11) is 2.16. The van der Waals surface area contributed by atoms with Gasteiger partial charge in [0.05, 0.1) is 27.2 Å². The topological polar surface area (TPSA) is 70.6 Å². The van der Waals surface area contributed by atoms with Crippen LogP contribution in [0.2, 0.25) is 0 Å². The fourth-order valence-electron chi connectivity index (χ4n) is 4.92. The lowest BCUT2D eigenvalue weighted by Crippen LogP contribution is -2.43. The number of hydrogen-bond acceptors (Lipinski definition) is 8. The molecular formula is C33H30FN5O2S2. The van der Waals surface area contributed by atoms with E-state index in [1.807, 2.05) is 48.7 Å². The Labute approximate surface area is 259 Å². The molecule has 0 saturated carbocycles. The van der Waals surface area contributed by atoms with Gasteiger partial charge in [0, 0.05) is 56.7 Å². The summed E-state index contributed by atoms with van der Waals surface area (Å²) >= 11 is 6.86. The standard InChI is InChI=1S/C33H30FN5O2S2/c1-38-13-15-39(16-14-38)21-23-7-9-26(36-20-23)30-19-27-32(43-30)29(11-12-35-27)41-28-10-8-24(18-25(28)34)33(42)37-31(40)17-22-5-3-2-4-6-22/h2-12,18-20H,13-17,21H2,1H3,(H,37,40,42). The molecule has 0 unspecified atom stereocenters. The molecule has 0 atom stereocenters. The summed E-state index contributed by atoms with van der Waals surface area (Å²) in [6.45, 7) is 5.18. The van der Waals surface area contributed by atoms with Gasteiger partial charge in [-0.05, 0) is 48.5 Å². The van der Waals surface area contributed by atoms with Crippen LogP contribution in [0.15, 0.2) is 85.2 Å². The summed E-state index contributed by atoms with van der Waals surface area (Å²) < 4.78 is 22.0. The molecule has 1 N–H and O–H groups in total. The number of halogens is 1. The van der Waals surface area contributed by atoms with E-state index >= 15 is 4.39 Å². The van der Waals surface area contributed by atoms with E-state index in [1.54, 1.807) is 18.3 Å². The van der Waals surface area contributed by atoms with Crippen molar-refractivity contribution >= 4 is 44.7 Å². The maximum Gasteiger partial charge on any atom is 0.229 e. The van der Waals surface area contributed by atoms with Crippen LogP contribution in [-0.4, -0.2) is 63.9 Å². The molecule has 0 aliphatic carbocycles. The number of nitrogens with one attached hydrogen (secondary N) is 1. The van der Waals surface area contributed by atoms with Gasteiger partial charge < -0.3 is 15.0 Å². The molecule has 218 valence electrons. The Balaban J connectivity index is 1.13. The molecule has 1 amide bonds. The first-order chi connectivity index (χ1) is 20.9. The smallest absolute Gasteiger partial charge is 0.229 e. The van der Waals surface area contributed by atoms with E-state index in [0.717, 1.165) is 59.1 Å². The molecule has 4 heterocycles. The third kappa shape index (κ3) is 7.11. The average Bonchev–Trinajstić information content (AvgIpc) is 3.45. The third-order valence-corrected chi connectivity index (χ3v) is 8.83. The lowest BCUT2D eigenvalue weighted by molar-refractivity contribution is -0.119. The van der Waals surface area contributed by atoms with Crippen LogP contribution in [0.4, 0.5) is 4.39 Å². The van der Waals surface area contributed by atoms with Crippen molar-refractivity contribution in [3.05, 3.63) is 108 Å². The number of amides is 1. The normalized spacial score (nSPS) is 14.1. The van der Waals surface area contributed by atoms with Crippen LogP contribution < -0.4 is 10.1 Å². The minimum absolute atomic E-state index is 0.0518. The first kappa shape index (κ1) is 29.0. The second-order valence-corrected chi connectivity index (χ2v) is 12.0. The molecule has 43 heavy (non-hydrogen) atoms. The molecule has 1 fully saturated rings. The minimum Gasteiger partial charge on any atom is -0.453 e. The number of carbonyl (C=O) groups excluding carboxylic acids is 1. The highest BCUT2D eigenvalue weighted by molar-refractivity contribution is 7.80. The van der Waals surface area contributed by atoms with Gasteiger partial charge in [-0.3, -0.25) is 19.7 Å². The molecular weight excluding hydrogens is 582 g/mol. The highest BCUT2D eigenvalue weighted by Gasteiger charge is 2.17. The SMILES string of the molecule is CN1CCN(Cc2ccc(-c3cc4nccc(Oc5ccc(C(=S)NC(=O)Cc6ccccc6)cc5F)c4s3)nc2)CC1. The van der Waals surface area contributed by atoms with Gasteiger partial charge >= 0.3 is 0 Å². The summed E-state index contributed by atoms with van der Waals surface area (Å²) in [5.74, 6) is -0.297. The highest BCUT2D eigenvalue weighted by atomic mass is 32.1. The largest absolute Gasteiger partial charge is 0.453 e. The number of hydrogen-bond donors (Lipinski definition) is 1. The van der Waals surface area contributed by atoms with Crippen molar-refractivity contribution in [2.75, 3.05) is 33.2 Å². The molecule has 0 spiro atoms. The van der Waals surface area contributed by atoms with Crippen LogP contribution in [0.5, 0.6) is 11.5 Å². The van der Waals surface area contributed by atoms with E-state index in [9.17, 15) is 4.79 Å². The quantitative estimate of drug-likeness (QED) is 0.214. The maximum atomic E-state index is 15.2. The van der Waals surface area contributed by atoms with Crippen molar-refractivity contribution < 1.29 is 13.9 Å². The minimum atomic E-state index is -0.587. The van der Waals surface area contributed by atoms with Crippen LogP contribution >= 0.6 is 23.6 Å². The average molecular weight is 612 g/mol. The lowest BCUT2D eigenvalue weighted by atomic mass is 10.1. The zero-order valence-corrected chi connectivity index (χ0v) is 25.3. The summed E-state index contributed by atoms with van der Waals surface area (Å²) in [6.07, 6.45) is 3.76. The third-order valence-electron chi connectivity index (χ3n) is 7.33. The van der Waals surface area contributed by atoms with Crippen molar-refractivity contribution in [1.29, 1.82) is 0 Å². The van der Waals surface area contributed by atoms with Gasteiger partial charge in [0.25, 0.3) is 0 Å². The van der Waals surface area contributed by atoms with Crippen LogP contribution in [0.3, 0.4) is 0 Å². The predicted molar refractivity (Wildman–Crippen MR) is 172 cm³/mol. The Morgan fingerprint density at radius 1 is 0.977 bits per heavy atom. The number of nitrogens with zero attached hydrogens (tertiary/aromatic N) is 4. The zero-order valence-electron chi connectivity index (χ0n) is 23.6. The molecule has 1 aliphatic heterocycles. The van der Waals surface area contributed by atoms with Gasteiger partial charge in [0.15, 0.2) is 11.6 Å². The second-order valence-electron chi connectivity index (χ2n) is 10.6. The monoisotopic (exact) mass is 611 g/mol. The van der Waals surface area contributed by atoms with Crippen LogP contribution in [-0.2, 0) is 17.8 Å². The molecule has 1 aliphatic rings. The number of carbonyl (C=O) groups is 1. The van der Waals surface area contributed by atoms with E-state index in [-0.39, 0.29) is 23.1 Å². The number of aromatic nitrogens is 2. The van der Waals surface area contributed by atoms with Gasteiger partial charge in [-0.15, -0.1) is 11.3 Å². The molecule has 6 rings (SSSR count). The first-order valence-corrected chi connectivity index (χ1v) is 15.2. The number of benzene rings is 2. The number of fused-ring (bicyclic) bond motifs is 1. The maximum absolute atomic E-state index is 15.2. The number of pyridine rings is 2. The Morgan fingerprint density at radius 3 is 2.53 bits per heavy atom. The van der Waals surface area contributed by atoms with Crippen LogP contribution in [0.1, 0.15) is 16.7 Å². The zero-order chi connectivity index (χ0) is 29.8. The van der Waals surface area contributed by atoms with Crippen LogP contribution in [0, 0.1) is 5.82 Å². The van der Waals surface area contributed by atoms with Gasteiger partial charge in [-0.25, -0.2) is 4.39 Å². The number of thiophene rings is 1. The Kier molecular flexibility index (Phi) is 8.80. The second kappa shape index (κ2) is 13.0. The molecule has 10 heteroatoms. The van der Waals surface area contributed by atoms with E-state index in [2.05, 4.69) is 33.2 Å². The van der Waals surface area contributed by atoms with Crippen molar-refractivity contribution in [3.63, 3.8) is 0 Å². The Morgan fingerprint density at radius 2 is 1.79 bits per heavy atom. The molecule has 7 nitrogen and oxygen atoms in total. The van der Waals surface area contributed by atoms with E-state index in [0.29, 0.717) is 11.3 Å². The number of likely N-dealkylation sites (N-methyl/N-ethyl adjacent to an activating group) is 1. The lowest BCUT2D eigenvalue weighted by Gasteiger charge is -2.32. The summed E-state index contributed by atoms with van der Waals surface area (Å²) in [5, 5.41) is 2.68. The van der Waals surface area contributed by atoms with Crippen LogP contribution in [0.25, 0.3) is 20.8 Å². The molecule has 0 bridgehead atoms. The summed E-state index contributed by atoms with van der Waals surface area (Å²) in [6, 6.07) is 21.6. The van der Waals surface area contributed by atoms with E-state index in [1.165, 1.54) is 29.0 Å². The van der Waals surface area contributed by atoms with Crippen molar-refractivity contribution in [2.24, 2.45) is 0 Å². The van der Waals surface area contributed by atoms with Gasteiger partial charge in [0.1, 0.15) is 10.7 Å². The molecule has 5 aromatic rings. The first-order valence-electron chi connectivity index (χ1n) is 14.0. The predicted octanol–water partition coefficient (Wildman–Crippen LogP) is 6.07. The fourth-order valence-corrected chi connectivity index (χ4v) is 6.20. The Bertz CT molecular complexity index is 1750. The van der Waals surface area contributed by atoms with Gasteiger partial charge in [-0.2, -0.15) is 0 Å². The van der Waals surface area contributed by atoms with Crippen molar-refractivity contribution in [2.45, 2.75) is 13.0 Å². The number of thiocarbonyl (C=S) groups is 1. The van der Waals surface area contributed by atoms with E-state index < -0.39 is 5.82 Å². The fraction of sp³-hybridized carbons (Fsp3) is 0.212. The molecule has 3 aromatic heterocycles. The number of piperazine rings is 1. The number of ether oxygens (including phenoxy) is 1. The van der Waals surface area contributed by atoms with Crippen molar-refractivity contribution in [1.82, 2.24) is 25.1 Å². The van der Waals surface area contributed by atoms with Gasteiger partial charge in [0.2, 0.25) is 5.91 Å².